The predicted octanol–water partition coefficient (Wildman–Crippen LogP) is 1.69. The number of carbonyl (C=O) groups is 1. The van der Waals surface area contributed by atoms with Gasteiger partial charge < -0.3 is 5.11 Å². The maximum atomic E-state index is 12.5. The molecule has 110 valence electrons. The van der Waals surface area contributed by atoms with Crippen molar-refractivity contribution in [1.29, 1.82) is 0 Å². The van der Waals surface area contributed by atoms with E-state index in [9.17, 15) is 13.2 Å². The van der Waals surface area contributed by atoms with Gasteiger partial charge in [-0.1, -0.05) is 19.3 Å². The molecule has 0 aliphatic heterocycles. The summed E-state index contributed by atoms with van der Waals surface area (Å²) in [6.45, 7) is 0.547. The summed E-state index contributed by atoms with van der Waals surface area (Å²) in [6, 6.07) is 0. The highest BCUT2D eigenvalue weighted by molar-refractivity contribution is 7.89. The molecular formula is C13H23NO4S. The Kier molecular flexibility index (Phi) is 4.50. The van der Waals surface area contributed by atoms with Crippen molar-refractivity contribution in [1.82, 2.24) is 4.31 Å². The molecule has 2 atom stereocenters. The Hall–Kier alpha value is -0.620. The summed E-state index contributed by atoms with van der Waals surface area (Å²) >= 11 is 0. The summed E-state index contributed by atoms with van der Waals surface area (Å²) in [5.41, 5.74) is 0. The van der Waals surface area contributed by atoms with E-state index in [2.05, 4.69) is 0 Å². The van der Waals surface area contributed by atoms with Crippen molar-refractivity contribution < 1.29 is 18.3 Å². The van der Waals surface area contributed by atoms with Gasteiger partial charge in [-0.25, -0.2) is 12.7 Å². The summed E-state index contributed by atoms with van der Waals surface area (Å²) < 4.78 is 26.4. The van der Waals surface area contributed by atoms with Gasteiger partial charge in [0.2, 0.25) is 10.0 Å². The zero-order valence-electron chi connectivity index (χ0n) is 11.4. The fraction of sp³-hybridized carbons (Fsp3) is 0.923. The van der Waals surface area contributed by atoms with Crippen LogP contribution in [-0.2, 0) is 14.8 Å². The highest BCUT2D eigenvalue weighted by Crippen LogP contribution is 2.34. The second-order valence-corrected chi connectivity index (χ2v) is 8.15. The average molecular weight is 289 g/mol. The van der Waals surface area contributed by atoms with Gasteiger partial charge in [-0.05, 0) is 31.6 Å². The fourth-order valence-corrected chi connectivity index (χ4v) is 5.47. The molecule has 6 heteroatoms. The quantitative estimate of drug-likeness (QED) is 0.835. The molecule has 0 amide bonds. The molecule has 2 unspecified atom stereocenters. The number of carboxylic acid groups (broad SMARTS) is 1. The lowest BCUT2D eigenvalue weighted by Crippen LogP contribution is -2.41. The van der Waals surface area contributed by atoms with Crippen LogP contribution in [0.15, 0.2) is 0 Å². The summed E-state index contributed by atoms with van der Waals surface area (Å²) in [6.07, 6.45) is 6.20. The molecule has 2 aliphatic carbocycles. The number of hydrogen-bond acceptors (Lipinski definition) is 3. The second kappa shape index (κ2) is 5.79. The van der Waals surface area contributed by atoms with E-state index in [4.69, 9.17) is 5.11 Å². The number of nitrogens with zero attached hydrogens (tertiary/aromatic N) is 1. The van der Waals surface area contributed by atoms with Gasteiger partial charge in [-0.15, -0.1) is 0 Å². The van der Waals surface area contributed by atoms with Crippen LogP contribution in [0.4, 0.5) is 0 Å². The monoisotopic (exact) mass is 289 g/mol. The van der Waals surface area contributed by atoms with Gasteiger partial charge in [0.25, 0.3) is 0 Å². The molecule has 0 aromatic rings. The van der Waals surface area contributed by atoms with Gasteiger partial charge in [0, 0.05) is 13.6 Å². The molecule has 5 nitrogen and oxygen atoms in total. The highest BCUT2D eigenvalue weighted by Gasteiger charge is 2.43. The zero-order valence-corrected chi connectivity index (χ0v) is 12.2. The molecule has 2 aliphatic rings. The standard InChI is InChI=1S/C13H23NO4S/c1-14(9-10-5-2-3-6-10)19(17,18)12-8-4-7-11(12)13(15)16/h10-12H,2-9H2,1H3,(H,15,16). The van der Waals surface area contributed by atoms with E-state index < -0.39 is 27.2 Å². The smallest absolute Gasteiger partial charge is 0.307 e. The lowest BCUT2D eigenvalue weighted by atomic mass is 10.1. The van der Waals surface area contributed by atoms with Crippen LogP contribution in [0.2, 0.25) is 0 Å². The number of hydrogen-bond donors (Lipinski definition) is 1. The van der Waals surface area contributed by atoms with Crippen LogP contribution in [-0.4, -0.2) is 42.6 Å². The third-order valence-corrected chi connectivity index (χ3v) is 6.92. The van der Waals surface area contributed by atoms with Crippen molar-refractivity contribution in [3.8, 4) is 0 Å². The lowest BCUT2D eigenvalue weighted by molar-refractivity contribution is -0.141. The molecule has 1 N–H and O–H groups in total. The Morgan fingerprint density at radius 2 is 1.79 bits per heavy atom. The van der Waals surface area contributed by atoms with Gasteiger partial charge in [0.1, 0.15) is 0 Å². The number of aliphatic carboxylic acids is 1. The van der Waals surface area contributed by atoms with Crippen molar-refractivity contribution >= 4 is 16.0 Å². The molecule has 2 rings (SSSR count). The van der Waals surface area contributed by atoms with Crippen LogP contribution in [0.3, 0.4) is 0 Å². The Bertz CT molecular complexity index is 428. The minimum absolute atomic E-state index is 0.449. The van der Waals surface area contributed by atoms with Crippen LogP contribution in [0.25, 0.3) is 0 Å². The van der Waals surface area contributed by atoms with E-state index in [1.165, 1.54) is 17.1 Å². The van der Waals surface area contributed by atoms with Crippen LogP contribution in [0, 0.1) is 11.8 Å². The van der Waals surface area contributed by atoms with Crippen molar-refractivity contribution in [3.05, 3.63) is 0 Å². The Morgan fingerprint density at radius 1 is 1.16 bits per heavy atom. The molecule has 0 spiro atoms. The van der Waals surface area contributed by atoms with Gasteiger partial charge in [0.15, 0.2) is 0 Å². The molecule has 0 bridgehead atoms. The first-order valence-corrected chi connectivity index (χ1v) is 8.61. The third kappa shape index (κ3) is 3.11. The lowest BCUT2D eigenvalue weighted by Gasteiger charge is -2.26. The van der Waals surface area contributed by atoms with Gasteiger partial charge in [-0.2, -0.15) is 0 Å². The fourth-order valence-electron chi connectivity index (χ4n) is 3.46. The van der Waals surface area contributed by atoms with Crippen LogP contribution < -0.4 is 0 Å². The molecule has 2 fully saturated rings. The summed E-state index contributed by atoms with van der Waals surface area (Å²) in [5.74, 6) is -1.25. The summed E-state index contributed by atoms with van der Waals surface area (Å²) in [5, 5.41) is 8.40. The molecule has 0 aromatic heterocycles. The van der Waals surface area contributed by atoms with Crippen molar-refractivity contribution in [3.63, 3.8) is 0 Å². The topological polar surface area (TPSA) is 74.7 Å². The Balaban J connectivity index is 2.05. The molecule has 19 heavy (non-hydrogen) atoms. The van der Waals surface area contributed by atoms with Gasteiger partial charge in [-0.3, -0.25) is 4.79 Å². The number of sulfonamides is 1. The number of carboxylic acids is 1. The molecule has 0 aromatic carbocycles. The Morgan fingerprint density at radius 3 is 2.37 bits per heavy atom. The molecule has 0 heterocycles. The predicted molar refractivity (Wildman–Crippen MR) is 72.3 cm³/mol. The van der Waals surface area contributed by atoms with Crippen LogP contribution >= 0.6 is 0 Å². The first-order chi connectivity index (χ1) is 8.93. The van der Waals surface area contributed by atoms with Crippen molar-refractivity contribution in [2.24, 2.45) is 11.8 Å². The largest absolute Gasteiger partial charge is 0.481 e. The second-order valence-electron chi connectivity index (χ2n) is 5.89. The minimum Gasteiger partial charge on any atom is -0.481 e. The van der Waals surface area contributed by atoms with Crippen LogP contribution in [0.5, 0.6) is 0 Å². The van der Waals surface area contributed by atoms with E-state index in [1.54, 1.807) is 7.05 Å². The van der Waals surface area contributed by atoms with E-state index in [0.717, 1.165) is 12.8 Å². The van der Waals surface area contributed by atoms with E-state index >= 15 is 0 Å². The average Bonchev–Trinajstić information content (AvgIpc) is 2.98. The first-order valence-electron chi connectivity index (χ1n) is 7.11. The molecule has 2 saturated carbocycles. The maximum absolute atomic E-state index is 12.5. The van der Waals surface area contributed by atoms with Crippen molar-refractivity contribution in [2.75, 3.05) is 13.6 Å². The summed E-state index contributed by atoms with van der Waals surface area (Å²) in [4.78, 5) is 11.1. The maximum Gasteiger partial charge on any atom is 0.307 e. The molecule has 0 saturated heterocycles. The molecular weight excluding hydrogens is 266 g/mol. The first kappa shape index (κ1) is 14.8. The van der Waals surface area contributed by atoms with Gasteiger partial charge in [0.05, 0.1) is 11.2 Å². The van der Waals surface area contributed by atoms with Gasteiger partial charge >= 0.3 is 5.97 Å². The minimum atomic E-state index is -3.47. The van der Waals surface area contributed by atoms with Crippen LogP contribution in [0.1, 0.15) is 44.9 Å². The third-order valence-electron chi connectivity index (χ3n) is 4.58. The van der Waals surface area contributed by atoms with E-state index in [-0.39, 0.29) is 0 Å². The number of rotatable bonds is 5. The van der Waals surface area contributed by atoms with E-state index in [1.807, 2.05) is 0 Å². The highest BCUT2D eigenvalue weighted by atomic mass is 32.2. The Labute approximate surface area is 115 Å². The summed E-state index contributed by atoms with van der Waals surface area (Å²) in [7, 11) is -1.87. The van der Waals surface area contributed by atoms with Crippen molar-refractivity contribution in [2.45, 2.75) is 50.2 Å². The molecule has 0 radical (unpaired) electrons. The van der Waals surface area contributed by atoms with E-state index in [0.29, 0.717) is 31.7 Å². The SMILES string of the molecule is CN(CC1CCCC1)S(=O)(=O)C1CCCC1C(=O)O. The normalized spacial score (nSPS) is 29.2. The zero-order chi connectivity index (χ0) is 14.0.